The second-order valence-corrected chi connectivity index (χ2v) is 8.72. The molecule has 2 amide bonds. The number of likely N-dealkylation sites (tertiary alicyclic amines) is 1. The molecule has 0 atom stereocenters. The van der Waals surface area contributed by atoms with E-state index in [0.717, 1.165) is 10.5 Å². The first-order valence-corrected chi connectivity index (χ1v) is 10.9. The normalized spacial score (nSPS) is 13.9. The summed E-state index contributed by atoms with van der Waals surface area (Å²) < 4.78 is 33.1. The zero-order valence-corrected chi connectivity index (χ0v) is 17.5. The number of sulfonamides is 1. The van der Waals surface area contributed by atoms with Crippen LogP contribution in [0.15, 0.2) is 47.4 Å². The number of imide groups is 1. The van der Waals surface area contributed by atoms with Crippen LogP contribution in [0.25, 0.3) is 0 Å². The van der Waals surface area contributed by atoms with Gasteiger partial charge in [0.2, 0.25) is 5.91 Å². The number of carbonyl (C=O) groups excluding carboxylic acids is 3. The van der Waals surface area contributed by atoms with Crippen molar-refractivity contribution >= 4 is 33.5 Å². The Hall–Kier alpha value is -3.20. The number of hydrogen-bond acceptors (Lipinski definition) is 6. The van der Waals surface area contributed by atoms with E-state index < -0.39 is 28.5 Å². The highest BCUT2D eigenvalue weighted by molar-refractivity contribution is 7.92. The van der Waals surface area contributed by atoms with Crippen LogP contribution < -0.4 is 4.72 Å². The van der Waals surface area contributed by atoms with Gasteiger partial charge in [-0.1, -0.05) is 23.8 Å². The fourth-order valence-corrected chi connectivity index (χ4v) is 4.38. The smallest absolute Gasteiger partial charge is 0.338 e. The summed E-state index contributed by atoms with van der Waals surface area (Å²) in [6.45, 7) is 3.23. The molecule has 1 fully saturated rings. The van der Waals surface area contributed by atoms with Crippen LogP contribution in [0, 0.1) is 13.8 Å². The van der Waals surface area contributed by atoms with Crippen molar-refractivity contribution < 1.29 is 27.5 Å². The van der Waals surface area contributed by atoms with Crippen molar-refractivity contribution in [3.63, 3.8) is 0 Å². The van der Waals surface area contributed by atoms with Crippen molar-refractivity contribution in [3.8, 4) is 0 Å². The minimum absolute atomic E-state index is 0.00886. The molecule has 30 heavy (non-hydrogen) atoms. The van der Waals surface area contributed by atoms with Gasteiger partial charge in [-0.25, -0.2) is 13.2 Å². The molecule has 1 aliphatic heterocycles. The van der Waals surface area contributed by atoms with Gasteiger partial charge in [0.25, 0.3) is 15.9 Å². The van der Waals surface area contributed by atoms with Crippen LogP contribution in [0.5, 0.6) is 0 Å². The average molecular weight is 430 g/mol. The summed E-state index contributed by atoms with van der Waals surface area (Å²) in [5, 5.41) is 0. The van der Waals surface area contributed by atoms with E-state index in [9.17, 15) is 22.8 Å². The average Bonchev–Trinajstić information content (AvgIpc) is 3.13. The molecule has 0 unspecified atom stereocenters. The maximum atomic E-state index is 12.8. The standard InChI is InChI=1S/C21H22N2O6S/c1-14-5-9-17(10-6-14)22-30(27,28)18-12-16(8-7-15(18)2)21(26)29-13-20(25)23-11-3-4-19(23)24/h5-10,12,22H,3-4,11,13H2,1-2H3. The molecule has 1 saturated heterocycles. The van der Waals surface area contributed by atoms with Gasteiger partial charge >= 0.3 is 5.97 Å². The highest BCUT2D eigenvalue weighted by Crippen LogP contribution is 2.22. The Morgan fingerprint density at radius 2 is 1.80 bits per heavy atom. The van der Waals surface area contributed by atoms with Crippen molar-refractivity contribution in [1.82, 2.24) is 4.90 Å². The number of benzene rings is 2. The van der Waals surface area contributed by atoms with Crippen LogP contribution in [-0.2, 0) is 24.3 Å². The molecule has 158 valence electrons. The van der Waals surface area contributed by atoms with E-state index in [-0.39, 0.29) is 16.4 Å². The number of esters is 1. The molecular formula is C21H22N2O6S. The predicted molar refractivity (Wildman–Crippen MR) is 109 cm³/mol. The van der Waals surface area contributed by atoms with E-state index >= 15 is 0 Å². The molecule has 1 heterocycles. The molecule has 0 spiro atoms. The SMILES string of the molecule is Cc1ccc(NS(=O)(=O)c2cc(C(=O)OCC(=O)N3CCCC3=O)ccc2C)cc1. The zero-order chi connectivity index (χ0) is 21.9. The van der Waals surface area contributed by atoms with Crippen LogP contribution in [0.4, 0.5) is 5.69 Å². The molecule has 0 saturated carbocycles. The maximum absolute atomic E-state index is 12.8. The lowest BCUT2D eigenvalue weighted by Crippen LogP contribution is -2.35. The summed E-state index contributed by atoms with van der Waals surface area (Å²) in [5.74, 6) is -1.73. The lowest BCUT2D eigenvalue weighted by Gasteiger charge is -2.14. The Bertz CT molecular complexity index is 1090. The number of amides is 2. The minimum Gasteiger partial charge on any atom is -0.452 e. The van der Waals surface area contributed by atoms with E-state index in [4.69, 9.17) is 4.74 Å². The van der Waals surface area contributed by atoms with Crippen LogP contribution in [0.1, 0.15) is 34.3 Å². The van der Waals surface area contributed by atoms with Crippen molar-refractivity contribution in [2.24, 2.45) is 0 Å². The molecular weight excluding hydrogens is 408 g/mol. The molecule has 9 heteroatoms. The minimum atomic E-state index is -3.94. The first kappa shape index (κ1) is 21.5. The van der Waals surface area contributed by atoms with Gasteiger partial charge in [-0.3, -0.25) is 19.2 Å². The molecule has 3 rings (SSSR count). The van der Waals surface area contributed by atoms with Gasteiger partial charge in [-0.15, -0.1) is 0 Å². The summed E-state index contributed by atoms with van der Waals surface area (Å²) in [4.78, 5) is 36.9. The van der Waals surface area contributed by atoms with Crippen molar-refractivity contribution in [1.29, 1.82) is 0 Å². The van der Waals surface area contributed by atoms with Gasteiger partial charge in [-0.2, -0.15) is 0 Å². The first-order chi connectivity index (χ1) is 14.2. The van der Waals surface area contributed by atoms with Gasteiger partial charge in [0.05, 0.1) is 10.5 Å². The van der Waals surface area contributed by atoms with Crippen molar-refractivity contribution in [3.05, 3.63) is 59.2 Å². The topological polar surface area (TPSA) is 110 Å². The van der Waals surface area contributed by atoms with Crippen LogP contribution >= 0.6 is 0 Å². The lowest BCUT2D eigenvalue weighted by atomic mass is 10.1. The van der Waals surface area contributed by atoms with Crippen LogP contribution in [0.2, 0.25) is 0 Å². The third kappa shape index (κ3) is 4.85. The second kappa shape index (κ2) is 8.66. The summed E-state index contributed by atoms with van der Waals surface area (Å²) in [5.41, 5.74) is 1.83. The molecule has 2 aromatic carbocycles. The molecule has 0 aliphatic carbocycles. The van der Waals surface area contributed by atoms with E-state index in [0.29, 0.717) is 30.6 Å². The molecule has 1 aliphatic rings. The summed E-state index contributed by atoms with van der Waals surface area (Å²) >= 11 is 0. The Morgan fingerprint density at radius 1 is 1.10 bits per heavy atom. The maximum Gasteiger partial charge on any atom is 0.338 e. The van der Waals surface area contributed by atoms with E-state index in [1.54, 1.807) is 31.2 Å². The number of aryl methyl sites for hydroxylation is 2. The van der Waals surface area contributed by atoms with Gasteiger partial charge in [-0.05, 0) is 50.1 Å². The largest absolute Gasteiger partial charge is 0.452 e. The van der Waals surface area contributed by atoms with Gasteiger partial charge in [0.15, 0.2) is 6.61 Å². The Balaban J connectivity index is 1.73. The fraction of sp³-hybridized carbons (Fsp3) is 0.286. The summed E-state index contributed by atoms with van der Waals surface area (Å²) in [6, 6.07) is 11.0. The highest BCUT2D eigenvalue weighted by atomic mass is 32.2. The fourth-order valence-electron chi connectivity index (χ4n) is 3.05. The van der Waals surface area contributed by atoms with E-state index in [2.05, 4.69) is 4.72 Å². The number of ether oxygens (including phenoxy) is 1. The first-order valence-electron chi connectivity index (χ1n) is 9.38. The van der Waals surface area contributed by atoms with Crippen molar-refractivity contribution in [2.45, 2.75) is 31.6 Å². The monoisotopic (exact) mass is 430 g/mol. The molecule has 0 radical (unpaired) electrons. The zero-order valence-electron chi connectivity index (χ0n) is 16.7. The van der Waals surface area contributed by atoms with Crippen LogP contribution in [0.3, 0.4) is 0 Å². The molecule has 0 bridgehead atoms. The summed E-state index contributed by atoms with van der Waals surface area (Å²) in [7, 11) is -3.94. The van der Waals surface area contributed by atoms with Crippen molar-refractivity contribution in [2.75, 3.05) is 17.9 Å². The predicted octanol–water partition coefficient (Wildman–Crippen LogP) is 2.41. The molecule has 2 aromatic rings. The van der Waals surface area contributed by atoms with Gasteiger partial charge in [0, 0.05) is 18.7 Å². The van der Waals surface area contributed by atoms with Gasteiger partial charge in [0.1, 0.15) is 0 Å². The molecule has 1 N–H and O–H groups in total. The Labute approximate surface area is 174 Å². The molecule has 0 aromatic heterocycles. The quantitative estimate of drug-likeness (QED) is 0.705. The lowest BCUT2D eigenvalue weighted by molar-refractivity contribution is -0.143. The third-order valence-corrected chi connectivity index (χ3v) is 6.24. The number of carbonyl (C=O) groups is 3. The number of hydrogen-bond donors (Lipinski definition) is 1. The number of nitrogens with one attached hydrogen (secondary N) is 1. The van der Waals surface area contributed by atoms with Crippen LogP contribution in [-0.4, -0.2) is 44.3 Å². The van der Waals surface area contributed by atoms with Gasteiger partial charge < -0.3 is 4.74 Å². The summed E-state index contributed by atoms with van der Waals surface area (Å²) in [6.07, 6.45) is 0.887. The number of rotatable bonds is 6. The van der Waals surface area contributed by atoms with E-state index in [1.165, 1.54) is 18.2 Å². The van der Waals surface area contributed by atoms with E-state index in [1.807, 2.05) is 6.92 Å². The Morgan fingerprint density at radius 3 is 2.43 bits per heavy atom. The number of anilines is 1. The highest BCUT2D eigenvalue weighted by Gasteiger charge is 2.27. The second-order valence-electron chi connectivity index (χ2n) is 7.07. The Kier molecular flexibility index (Phi) is 6.21. The third-order valence-electron chi connectivity index (χ3n) is 4.72. The molecule has 8 nitrogen and oxygen atoms in total. The number of nitrogens with zero attached hydrogens (tertiary/aromatic N) is 1.